The van der Waals surface area contributed by atoms with Crippen LogP contribution in [-0.2, 0) is 0 Å². The smallest absolute Gasteiger partial charge is 0.0482 e. The summed E-state index contributed by atoms with van der Waals surface area (Å²) in [7, 11) is 0. The van der Waals surface area contributed by atoms with Gasteiger partial charge in [-0.25, -0.2) is 0 Å². The highest BCUT2D eigenvalue weighted by atomic mass is 32.1. The molecule has 1 nitrogen and oxygen atoms in total. The van der Waals surface area contributed by atoms with Crippen molar-refractivity contribution in [3.8, 4) is 0 Å². The van der Waals surface area contributed by atoms with Crippen molar-refractivity contribution in [3.05, 3.63) is 0 Å². The lowest BCUT2D eigenvalue weighted by Gasteiger charge is -2.32. The predicted molar refractivity (Wildman–Crippen MR) is 53.1 cm³/mol. The largest absolute Gasteiger partial charge is 0.396 e. The maximum atomic E-state index is 9.03. The van der Waals surface area contributed by atoms with E-state index in [9.17, 15) is 0 Å². The molecule has 0 bridgehead atoms. The molecule has 0 amide bonds. The van der Waals surface area contributed by atoms with Gasteiger partial charge in [-0.3, -0.25) is 0 Å². The minimum absolute atomic E-state index is 0.0340. The van der Waals surface area contributed by atoms with Gasteiger partial charge in [-0.05, 0) is 23.0 Å². The van der Waals surface area contributed by atoms with Gasteiger partial charge in [0, 0.05) is 6.61 Å². The van der Waals surface area contributed by atoms with E-state index in [-0.39, 0.29) is 17.4 Å². The molecule has 1 N–H and O–H groups in total. The minimum Gasteiger partial charge on any atom is -0.396 e. The molecule has 0 rings (SSSR count). The Morgan fingerprint density at radius 2 is 1.55 bits per heavy atom. The van der Waals surface area contributed by atoms with Gasteiger partial charge in [0.2, 0.25) is 0 Å². The molecule has 0 atom stereocenters. The lowest BCUT2D eigenvalue weighted by Crippen LogP contribution is -2.27. The summed E-state index contributed by atoms with van der Waals surface area (Å²) in [5, 5.41) is 9.03. The van der Waals surface area contributed by atoms with Crippen LogP contribution < -0.4 is 0 Å². The van der Waals surface area contributed by atoms with Gasteiger partial charge < -0.3 is 5.11 Å². The van der Waals surface area contributed by atoms with Crippen molar-refractivity contribution in [3.63, 3.8) is 0 Å². The van der Waals surface area contributed by atoms with Gasteiger partial charge in [-0.2, -0.15) is 12.6 Å². The molecule has 0 aliphatic carbocycles. The van der Waals surface area contributed by atoms with Crippen LogP contribution in [0.2, 0.25) is 0 Å². The van der Waals surface area contributed by atoms with E-state index in [1.165, 1.54) is 0 Å². The van der Waals surface area contributed by atoms with E-state index in [2.05, 4.69) is 40.3 Å². The Morgan fingerprint density at radius 3 is 1.82 bits per heavy atom. The highest BCUT2D eigenvalue weighted by Gasteiger charge is 2.26. The fourth-order valence-corrected chi connectivity index (χ4v) is 1.52. The number of aliphatic hydroxyl groups excluding tert-OH is 1. The molecule has 0 saturated carbocycles. The molecular weight excluding hydrogens is 156 g/mol. The summed E-state index contributed by atoms with van der Waals surface area (Å²) >= 11 is 4.27. The van der Waals surface area contributed by atoms with E-state index in [4.69, 9.17) is 5.11 Å². The van der Waals surface area contributed by atoms with E-state index in [1.807, 2.05) is 0 Å². The molecule has 0 aromatic heterocycles. The zero-order chi connectivity index (χ0) is 9.12. The van der Waals surface area contributed by atoms with E-state index in [0.29, 0.717) is 0 Å². The standard InChI is InChI=1S/C9H20OS/c1-8(2,6-10)5-9(3,4)7-11/h10-11H,5-7H2,1-4H3. The van der Waals surface area contributed by atoms with Crippen molar-refractivity contribution in [1.29, 1.82) is 0 Å². The van der Waals surface area contributed by atoms with Crippen molar-refractivity contribution < 1.29 is 5.11 Å². The van der Waals surface area contributed by atoms with Gasteiger partial charge in [0.05, 0.1) is 0 Å². The summed E-state index contributed by atoms with van der Waals surface area (Å²) in [5.41, 5.74) is 0.265. The van der Waals surface area contributed by atoms with Crippen LogP contribution in [0.4, 0.5) is 0 Å². The Labute approximate surface area is 75.6 Å². The fourth-order valence-electron chi connectivity index (χ4n) is 1.41. The highest BCUT2D eigenvalue weighted by molar-refractivity contribution is 7.80. The van der Waals surface area contributed by atoms with Gasteiger partial charge >= 0.3 is 0 Å². The fraction of sp³-hybridized carbons (Fsp3) is 1.00. The third kappa shape index (κ3) is 4.70. The van der Waals surface area contributed by atoms with Crippen LogP contribution in [0.3, 0.4) is 0 Å². The molecule has 0 unspecified atom stereocenters. The second-order valence-corrected chi connectivity index (χ2v) is 5.14. The molecule has 0 saturated heterocycles. The number of thiol groups is 1. The Morgan fingerprint density at radius 1 is 1.09 bits per heavy atom. The zero-order valence-corrected chi connectivity index (χ0v) is 8.91. The minimum atomic E-state index is 0.0340. The Bertz CT molecular complexity index is 105. The molecule has 0 fully saturated rings. The molecular formula is C9H20OS. The van der Waals surface area contributed by atoms with E-state index in [0.717, 1.165) is 12.2 Å². The first kappa shape index (κ1) is 11.3. The first-order valence-electron chi connectivity index (χ1n) is 4.05. The average Bonchev–Trinajstić information content (AvgIpc) is 1.86. The van der Waals surface area contributed by atoms with Crippen molar-refractivity contribution in [2.45, 2.75) is 34.1 Å². The number of rotatable bonds is 4. The average molecular weight is 176 g/mol. The maximum absolute atomic E-state index is 9.03. The number of hydrogen-bond acceptors (Lipinski definition) is 2. The van der Waals surface area contributed by atoms with Gasteiger partial charge in [-0.15, -0.1) is 0 Å². The zero-order valence-electron chi connectivity index (χ0n) is 8.02. The summed E-state index contributed by atoms with van der Waals surface area (Å²) in [6, 6.07) is 0. The second-order valence-electron chi connectivity index (χ2n) is 4.82. The Balaban J connectivity index is 4.02. The van der Waals surface area contributed by atoms with Gasteiger partial charge in [-0.1, -0.05) is 27.7 Å². The van der Waals surface area contributed by atoms with Gasteiger partial charge in [0.25, 0.3) is 0 Å². The Hall–Kier alpha value is 0.310. The van der Waals surface area contributed by atoms with Crippen LogP contribution in [0.5, 0.6) is 0 Å². The van der Waals surface area contributed by atoms with E-state index >= 15 is 0 Å². The van der Waals surface area contributed by atoms with E-state index in [1.54, 1.807) is 0 Å². The third-order valence-electron chi connectivity index (χ3n) is 1.81. The maximum Gasteiger partial charge on any atom is 0.0482 e. The first-order chi connectivity index (χ1) is 4.83. The second kappa shape index (κ2) is 3.81. The lowest BCUT2D eigenvalue weighted by molar-refractivity contribution is 0.112. The molecule has 68 valence electrons. The predicted octanol–water partition coefficient (Wildman–Crippen LogP) is 2.35. The summed E-state index contributed by atoms with van der Waals surface area (Å²) < 4.78 is 0. The number of aliphatic hydroxyl groups is 1. The highest BCUT2D eigenvalue weighted by Crippen LogP contribution is 2.33. The number of hydrogen-bond donors (Lipinski definition) is 2. The van der Waals surface area contributed by atoms with Crippen molar-refractivity contribution in [2.24, 2.45) is 10.8 Å². The summed E-state index contributed by atoms with van der Waals surface area (Å²) in [6.07, 6.45) is 1.01. The van der Waals surface area contributed by atoms with Crippen LogP contribution in [0.25, 0.3) is 0 Å². The van der Waals surface area contributed by atoms with Crippen molar-refractivity contribution in [1.82, 2.24) is 0 Å². The summed E-state index contributed by atoms with van der Waals surface area (Å²) in [6.45, 7) is 8.77. The molecule has 0 spiro atoms. The molecule has 2 heteroatoms. The van der Waals surface area contributed by atoms with Gasteiger partial charge in [0.15, 0.2) is 0 Å². The SMILES string of the molecule is CC(C)(CO)CC(C)(C)CS. The van der Waals surface area contributed by atoms with Crippen LogP contribution >= 0.6 is 12.6 Å². The van der Waals surface area contributed by atoms with Crippen LogP contribution in [-0.4, -0.2) is 17.5 Å². The molecule has 0 aliphatic heterocycles. The van der Waals surface area contributed by atoms with Crippen LogP contribution in [0.1, 0.15) is 34.1 Å². The van der Waals surface area contributed by atoms with Crippen molar-refractivity contribution in [2.75, 3.05) is 12.4 Å². The quantitative estimate of drug-likeness (QED) is 0.630. The first-order valence-corrected chi connectivity index (χ1v) is 4.68. The van der Waals surface area contributed by atoms with Gasteiger partial charge in [0.1, 0.15) is 0 Å². The van der Waals surface area contributed by atoms with E-state index < -0.39 is 0 Å². The van der Waals surface area contributed by atoms with Crippen LogP contribution in [0.15, 0.2) is 0 Å². The Kier molecular flexibility index (Phi) is 3.92. The monoisotopic (exact) mass is 176 g/mol. The van der Waals surface area contributed by atoms with Crippen molar-refractivity contribution >= 4 is 12.6 Å². The topological polar surface area (TPSA) is 20.2 Å². The van der Waals surface area contributed by atoms with Crippen LogP contribution in [0, 0.1) is 10.8 Å². The lowest BCUT2D eigenvalue weighted by atomic mass is 9.77. The molecule has 0 radical (unpaired) electrons. The summed E-state index contributed by atoms with van der Waals surface area (Å²) in [4.78, 5) is 0. The molecule has 0 aromatic rings. The summed E-state index contributed by atoms with van der Waals surface area (Å²) in [5.74, 6) is 0.871. The molecule has 0 heterocycles. The molecule has 0 aromatic carbocycles. The molecule has 11 heavy (non-hydrogen) atoms. The third-order valence-corrected chi connectivity index (χ3v) is 2.67. The normalized spacial score (nSPS) is 13.6. The molecule has 0 aliphatic rings.